The van der Waals surface area contributed by atoms with Crippen LogP contribution in [-0.4, -0.2) is 31.4 Å². The molecule has 0 radical (unpaired) electrons. The molecule has 3 rings (SSSR count). The molecule has 3 aromatic rings. The fourth-order valence-corrected chi connectivity index (χ4v) is 3.23. The molecule has 120 valence electrons. The van der Waals surface area contributed by atoms with E-state index in [0.717, 1.165) is 5.01 Å². The van der Waals surface area contributed by atoms with Gasteiger partial charge in [-0.05, 0) is 30.8 Å². The Labute approximate surface area is 137 Å². The number of carbonyl (C=O) groups is 1. The number of amides is 1. The average Bonchev–Trinajstić information content (AvgIpc) is 3.03. The number of alkyl halides is 2. The fourth-order valence-electron chi connectivity index (χ4n) is 2.03. The van der Waals surface area contributed by atoms with Crippen LogP contribution < -0.4 is 5.32 Å². The normalized spacial score (nSPS) is 11.3. The molecule has 0 bridgehead atoms. The minimum atomic E-state index is -2.61. The van der Waals surface area contributed by atoms with Crippen molar-refractivity contribution in [3.8, 4) is 0 Å². The van der Waals surface area contributed by atoms with Gasteiger partial charge in [-0.15, -0.1) is 10.2 Å². The number of hydrogen-bond acceptors (Lipinski definition) is 6. The first-order valence-electron chi connectivity index (χ1n) is 6.53. The van der Waals surface area contributed by atoms with Gasteiger partial charge in [0, 0.05) is 0 Å². The maximum absolute atomic E-state index is 12.7. The third-order valence-corrected chi connectivity index (χ3v) is 4.34. The molecule has 0 spiro atoms. The summed E-state index contributed by atoms with van der Waals surface area (Å²) in [6, 6.07) is 6.98. The Bertz CT molecular complexity index is 848. The summed E-state index contributed by atoms with van der Waals surface area (Å²) < 4.78 is 26.9. The molecule has 0 unspecified atom stereocenters. The van der Waals surface area contributed by atoms with Crippen LogP contribution in [0.4, 0.5) is 13.9 Å². The zero-order valence-corrected chi connectivity index (χ0v) is 13.5. The molecule has 6 nitrogen and oxygen atoms in total. The van der Waals surface area contributed by atoms with Crippen LogP contribution in [0.1, 0.15) is 5.01 Å². The quantitative estimate of drug-likeness (QED) is 0.712. The van der Waals surface area contributed by atoms with Gasteiger partial charge in [-0.2, -0.15) is 8.78 Å². The first-order chi connectivity index (χ1) is 11.0. The van der Waals surface area contributed by atoms with E-state index in [1.165, 1.54) is 15.9 Å². The topological polar surface area (TPSA) is 72.7 Å². The predicted octanol–water partition coefficient (Wildman–Crippen LogP) is 3.15. The number of para-hydroxylation sites is 2. The Kier molecular flexibility index (Phi) is 4.53. The Hall–Kier alpha value is -2.07. The molecule has 1 N–H and O–H groups in total. The number of benzene rings is 1. The van der Waals surface area contributed by atoms with Crippen molar-refractivity contribution in [3.05, 3.63) is 29.3 Å². The zero-order valence-electron chi connectivity index (χ0n) is 11.9. The summed E-state index contributed by atoms with van der Waals surface area (Å²) in [6.45, 7) is 1.64. The number of carbonyl (C=O) groups excluding carboxylic acids is 1. The third kappa shape index (κ3) is 3.64. The number of hydrogen-bond donors (Lipinski definition) is 1. The molecular weight excluding hydrogens is 344 g/mol. The van der Waals surface area contributed by atoms with Crippen molar-refractivity contribution in [2.45, 2.75) is 24.4 Å². The van der Waals surface area contributed by atoms with Crippen LogP contribution in [0.25, 0.3) is 11.0 Å². The van der Waals surface area contributed by atoms with Crippen LogP contribution in [0, 0.1) is 6.92 Å². The maximum Gasteiger partial charge on any atom is 0.291 e. The SMILES string of the molecule is Cc1nnc(NC(=O)Cn2c(SC(F)F)nc3ccccc32)s1. The van der Waals surface area contributed by atoms with Gasteiger partial charge in [0.05, 0.1) is 11.0 Å². The fraction of sp³-hybridized carbons (Fsp3) is 0.231. The van der Waals surface area contributed by atoms with E-state index >= 15 is 0 Å². The van der Waals surface area contributed by atoms with E-state index in [1.807, 2.05) is 0 Å². The molecule has 10 heteroatoms. The molecule has 0 aliphatic carbocycles. The van der Waals surface area contributed by atoms with Crippen molar-refractivity contribution in [3.63, 3.8) is 0 Å². The second-order valence-electron chi connectivity index (χ2n) is 4.52. The maximum atomic E-state index is 12.7. The molecule has 1 amide bonds. The van der Waals surface area contributed by atoms with E-state index in [2.05, 4.69) is 20.5 Å². The molecule has 2 aromatic heterocycles. The van der Waals surface area contributed by atoms with Crippen LogP contribution >= 0.6 is 23.1 Å². The van der Waals surface area contributed by atoms with Gasteiger partial charge in [-0.25, -0.2) is 4.98 Å². The largest absolute Gasteiger partial charge is 0.309 e. The number of nitrogens with one attached hydrogen (secondary N) is 1. The number of aromatic nitrogens is 4. The second kappa shape index (κ2) is 6.59. The van der Waals surface area contributed by atoms with Gasteiger partial charge in [-0.1, -0.05) is 23.5 Å². The lowest BCUT2D eigenvalue weighted by atomic mass is 10.3. The van der Waals surface area contributed by atoms with Crippen molar-refractivity contribution in [2.75, 3.05) is 5.32 Å². The van der Waals surface area contributed by atoms with Crippen molar-refractivity contribution in [2.24, 2.45) is 0 Å². The molecule has 1 aromatic carbocycles. The zero-order chi connectivity index (χ0) is 16.4. The van der Waals surface area contributed by atoms with Crippen molar-refractivity contribution >= 4 is 45.2 Å². The average molecular weight is 355 g/mol. The lowest BCUT2D eigenvalue weighted by Crippen LogP contribution is -2.19. The number of anilines is 1. The lowest BCUT2D eigenvalue weighted by Gasteiger charge is -2.07. The van der Waals surface area contributed by atoms with Gasteiger partial charge >= 0.3 is 0 Å². The summed E-state index contributed by atoms with van der Waals surface area (Å²) in [5.74, 6) is -2.99. The Morgan fingerprint density at radius 3 is 2.87 bits per heavy atom. The van der Waals surface area contributed by atoms with Crippen LogP contribution in [0.2, 0.25) is 0 Å². The van der Waals surface area contributed by atoms with Gasteiger partial charge in [0.2, 0.25) is 11.0 Å². The van der Waals surface area contributed by atoms with Gasteiger partial charge in [0.1, 0.15) is 11.6 Å². The summed E-state index contributed by atoms with van der Waals surface area (Å²) in [7, 11) is 0. The summed E-state index contributed by atoms with van der Waals surface area (Å²) in [4.78, 5) is 16.3. The summed E-state index contributed by atoms with van der Waals surface area (Å²) in [6.07, 6.45) is 0. The van der Waals surface area contributed by atoms with E-state index < -0.39 is 5.76 Å². The molecule has 23 heavy (non-hydrogen) atoms. The van der Waals surface area contributed by atoms with E-state index in [9.17, 15) is 13.6 Å². The van der Waals surface area contributed by atoms with Crippen molar-refractivity contribution < 1.29 is 13.6 Å². The molecule has 0 saturated carbocycles. The van der Waals surface area contributed by atoms with Gasteiger partial charge in [0.15, 0.2) is 5.16 Å². The smallest absolute Gasteiger partial charge is 0.291 e. The lowest BCUT2D eigenvalue weighted by molar-refractivity contribution is -0.116. The molecule has 0 fully saturated rings. The predicted molar refractivity (Wildman–Crippen MR) is 84.9 cm³/mol. The highest BCUT2D eigenvalue weighted by Crippen LogP contribution is 2.28. The van der Waals surface area contributed by atoms with E-state index in [4.69, 9.17) is 0 Å². The monoisotopic (exact) mass is 355 g/mol. The van der Waals surface area contributed by atoms with Crippen molar-refractivity contribution in [1.29, 1.82) is 0 Å². The summed E-state index contributed by atoms with van der Waals surface area (Å²) >= 11 is 1.56. The van der Waals surface area contributed by atoms with Gasteiger partial charge in [-0.3, -0.25) is 10.1 Å². The number of thioether (sulfide) groups is 1. The van der Waals surface area contributed by atoms with Crippen LogP contribution in [0.15, 0.2) is 29.4 Å². The van der Waals surface area contributed by atoms with E-state index in [-0.39, 0.29) is 17.6 Å². The number of halogens is 2. The molecule has 2 heterocycles. The van der Waals surface area contributed by atoms with Crippen LogP contribution in [0.3, 0.4) is 0 Å². The Balaban J connectivity index is 1.86. The van der Waals surface area contributed by atoms with Gasteiger partial charge in [0.25, 0.3) is 5.76 Å². The highest BCUT2D eigenvalue weighted by molar-refractivity contribution is 7.99. The van der Waals surface area contributed by atoms with Gasteiger partial charge < -0.3 is 4.57 Å². The van der Waals surface area contributed by atoms with Crippen LogP contribution in [0.5, 0.6) is 0 Å². The third-order valence-electron chi connectivity index (χ3n) is 2.89. The number of rotatable bonds is 5. The molecule has 0 aliphatic heterocycles. The highest BCUT2D eigenvalue weighted by Gasteiger charge is 2.18. The molecule has 0 atom stereocenters. The molecule has 0 saturated heterocycles. The standard InChI is InChI=1S/C13H11F2N5OS2/c1-7-18-19-12(22-7)17-10(21)6-20-9-5-3-2-4-8(9)16-13(20)23-11(14)15/h2-5,11H,6H2,1H3,(H,17,19,21). The van der Waals surface area contributed by atoms with Crippen molar-refractivity contribution in [1.82, 2.24) is 19.7 Å². The first-order valence-corrected chi connectivity index (χ1v) is 8.22. The minimum absolute atomic E-state index is 0.102. The minimum Gasteiger partial charge on any atom is -0.309 e. The molecular formula is C13H11F2N5OS2. The summed E-state index contributed by atoms with van der Waals surface area (Å²) in [5.41, 5.74) is 1.19. The first kappa shape index (κ1) is 15.8. The van der Waals surface area contributed by atoms with Crippen LogP contribution in [-0.2, 0) is 11.3 Å². The Morgan fingerprint density at radius 2 is 2.17 bits per heavy atom. The number of nitrogens with zero attached hydrogens (tertiary/aromatic N) is 4. The number of aryl methyl sites for hydroxylation is 1. The Morgan fingerprint density at radius 1 is 1.39 bits per heavy atom. The molecule has 0 aliphatic rings. The van der Waals surface area contributed by atoms with E-state index in [1.54, 1.807) is 31.2 Å². The summed E-state index contributed by atoms with van der Waals surface area (Å²) in [5, 5.41) is 11.4. The van der Waals surface area contributed by atoms with E-state index in [0.29, 0.717) is 27.9 Å². The second-order valence-corrected chi connectivity index (χ2v) is 6.66. The number of imidazole rings is 1. The highest BCUT2D eigenvalue weighted by atomic mass is 32.2. The number of fused-ring (bicyclic) bond motifs is 1.